The minimum Gasteiger partial charge on any atom is -0.390 e. The Morgan fingerprint density at radius 3 is 2.00 bits per heavy atom. The summed E-state index contributed by atoms with van der Waals surface area (Å²) < 4.78 is 0. The van der Waals surface area contributed by atoms with E-state index in [4.69, 9.17) is 0 Å². The highest BCUT2D eigenvalue weighted by Crippen LogP contribution is 2.25. The second-order valence-electron chi connectivity index (χ2n) is 4.84. The first-order valence-corrected chi connectivity index (χ1v) is 5.72. The van der Waals surface area contributed by atoms with Crippen LogP contribution in [0.25, 0.3) is 0 Å². The van der Waals surface area contributed by atoms with E-state index in [-0.39, 0.29) is 5.92 Å². The topological polar surface area (TPSA) is 40.5 Å². The summed E-state index contributed by atoms with van der Waals surface area (Å²) in [5, 5.41) is 20.1. The maximum Gasteiger partial charge on any atom is 0.128 e. The third kappa shape index (κ3) is 5.81. The van der Waals surface area contributed by atoms with Crippen LogP contribution in [0.15, 0.2) is 0 Å². The maximum atomic E-state index is 10.2. The molecule has 0 saturated carbocycles. The van der Waals surface area contributed by atoms with E-state index in [9.17, 15) is 10.2 Å². The Hall–Kier alpha value is -0.520. The lowest BCUT2D eigenvalue weighted by Gasteiger charge is -2.30. The van der Waals surface area contributed by atoms with Gasteiger partial charge < -0.3 is 10.2 Å². The van der Waals surface area contributed by atoms with Gasteiger partial charge in [-0.05, 0) is 19.8 Å². The second kappa shape index (κ2) is 5.53. The van der Waals surface area contributed by atoms with Crippen molar-refractivity contribution in [3.05, 3.63) is 0 Å². The fourth-order valence-corrected chi connectivity index (χ4v) is 1.29. The van der Waals surface area contributed by atoms with Crippen molar-refractivity contribution in [2.45, 2.75) is 65.1 Å². The van der Waals surface area contributed by atoms with Crippen LogP contribution >= 0.6 is 0 Å². The van der Waals surface area contributed by atoms with Gasteiger partial charge in [0.05, 0.1) is 5.60 Å². The molecule has 0 aliphatic heterocycles. The van der Waals surface area contributed by atoms with E-state index >= 15 is 0 Å². The largest absolute Gasteiger partial charge is 0.390 e. The second-order valence-corrected chi connectivity index (χ2v) is 4.84. The zero-order chi connectivity index (χ0) is 12.1. The van der Waals surface area contributed by atoms with Crippen LogP contribution in [0, 0.1) is 17.8 Å². The minimum atomic E-state index is -1.05. The van der Waals surface area contributed by atoms with Crippen LogP contribution in [0.2, 0.25) is 0 Å². The van der Waals surface area contributed by atoms with Crippen LogP contribution in [0.3, 0.4) is 0 Å². The molecule has 2 unspecified atom stereocenters. The van der Waals surface area contributed by atoms with Crippen molar-refractivity contribution >= 4 is 0 Å². The molecule has 0 aliphatic carbocycles. The summed E-state index contributed by atoms with van der Waals surface area (Å²) in [7, 11) is 0. The average Bonchev–Trinajstić information content (AvgIpc) is 2.14. The van der Waals surface area contributed by atoms with Crippen LogP contribution in [0.4, 0.5) is 0 Å². The lowest BCUT2D eigenvalue weighted by atomic mass is 9.85. The number of hydrogen-bond acceptors (Lipinski definition) is 2. The SMILES string of the molecule is CCC(C)(O)CC(O)(C#CC(C)C)CC. The molecule has 0 aliphatic rings. The summed E-state index contributed by atoms with van der Waals surface area (Å²) in [6.45, 7) is 9.51. The molecule has 0 radical (unpaired) electrons. The first-order chi connectivity index (χ1) is 6.74. The van der Waals surface area contributed by atoms with E-state index in [1.165, 1.54) is 0 Å². The first-order valence-electron chi connectivity index (χ1n) is 5.72. The van der Waals surface area contributed by atoms with Gasteiger partial charge >= 0.3 is 0 Å². The highest BCUT2D eigenvalue weighted by atomic mass is 16.3. The summed E-state index contributed by atoms with van der Waals surface area (Å²) in [4.78, 5) is 0. The predicted molar refractivity (Wildman–Crippen MR) is 63.4 cm³/mol. The van der Waals surface area contributed by atoms with Gasteiger partial charge in [-0.1, -0.05) is 39.5 Å². The van der Waals surface area contributed by atoms with Crippen molar-refractivity contribution in [1.29, 1.82) is 0 Å². The molecule has 0 rings (SSSR count). The molecule has 2 N–H and O–H groups in total. The molecule has 0 heterocycles. The monoisotopic (exact) mass is 212 g/mol. The molecule has 0 aromatic heterocycles. The van der Waals surface area contributed by atoms with Gasteiger partial charge in [0, 0.05) is 12.3 Å². The Morgan fingerprint density at radius 2 is 1.67 bits per heavy atom. The molecule has 0 amide bonds. The Morgan fingerprint density at radius 1 is 1.13 bits per heavy atom. The van der Waals surface area contributed by atoms with Gasteiger partial charge in [0.15, 0.2) is 0 Å². The summed E-state index contributed by atoms with van der Waals surface area (Å²) in [5.74, 6) is 6.10. The average molecular weight is 212 g/mol. The number of hydrogen-bond donors (Lipinski definition) is 2. The molecule has 2 nitrogen and oxygen atoms in total. The van der Waals surface area contributed by atoms with E-state index in [2.05, 4.69) is 11.8 Å². The lowest BCUT2D eigenvalue weighted by Crippen LogP contribution is -2.37. The van der Waals surface area contributed by atoms with Gasteiger partial charge in [0.25, 0.3) is 0 Å². The van der Waals surface area contributed by atoms with Crippen molar-refractivity contribution in [3.8, 4) is 11.8 Å². The molecule has 0 fully saturated rings. The lowest BCUT2D eigenvalue weighted by molar-refractivity contribution is -0.0287. The van der Waals surface area contributed by atoms with E-state index in [1.807, 2.05) is 27.7 Å². The molecule has 0 saturated heterocycles. The normalized spacial score (nSPS) is 18.9. The molecule has 0 aromatic carbocycles. The van der Waals surface area contributed by atoms with E-state index in [0.29, 0.717) is 19.3 Å². The quantitative estimate of drug-likeness (QED) is 0.702. The Balaban J connectivity index is 4.67. The molecule has 15 heavy (non-hydrogen) atoms. The van der Waals surface area contributed by atoms with E-state index < -0.39 is 11.2 Å². The molecule has 2 heteroatoms. The van der Waals surface area contributed by atoms with Crippen LogP contribution < -0.4 is 0 Å². The molecule has 0 bridgehead atoms. The third-order valence-electron chi connectivity index (χ3n) is 2.61. The van der Waals surface area contributed by atoms with Crippen molar-refractivity contribution < 1.29 is 10.2 Å². The minimum absolute atomic E-state index is 0.245. The Labute approximate surface area is 93.7 Å². The van der Waals surface area contributed by atoms with Crippen molar-refractivity contribution in [2.75, 3.05) is 0 Å². The molecule has 2 atom stereocenters. The van der Waals surface area contributed by atoms with Crippen LogP contribution in [0.1, 0.15) is 53.9 Å². The van der Waals surface area contributed by atoms with Gasteiger partial charge in [0.2, 0.25) is 0 Å². The summed E-state index contributed by atoms with van der Waals surface area (Å²) in [6, 6.07) is 0. The fourth-order valence-electron chi connectivity index (χ4n) is 1.29. The van der Waals surface area contributed by atoms with Crippen molar-refractivity contribution in [2.24, 2.45) is 5.92 Å². The van der Waals surface area contributed by atoms with Crippen LogP contribution in [0.5, 0.6) is 0 Å². The summed E-state index contributed by atoms with van der Waals surface area (Å²) in [6.07, 6.45) is 1.48. The van der Waals surface area contributed by atoms with E-state index in [1.54, 1.807) is 6.92 Å². The summed E-state index contributed by atoms with van der Waals surface area (Å²) in [5.41, 5.74) is -1.89. The maximum absolute atomic E-state index is 10.2. The molecular formula is C13H24O2. The summed E-state index contributed by atoms with van der Waals surface area (Å²) >= 11 is 0. The Kier molecular flexibility index (Phi) is 5.34. The van der Waals surface area contributed by atoms with Crippen LogP contribution in [-0.4, -0.2) is 21.4 Å². The number of aliphatic hydroxyl groups is 2. The highest BCUT2D eigenvalue weighted by molar-refractivity contribution is 5.15. The van der Waals surface area contributed by atoms with E-state index in [0.717, 1.165) is 0 Å². The number of rotatable bonds is 4. The zero-order valence-electron chi connectivity index (χ0n) is 10.6. The van der Waals surface area contributed by atoms with Gasteiger partial charge in [-0.2, -0.15) is 0 Å². The third-order valence-corrected chi connectivity index (χ3v) is 2.61. The molecule has 88 valence electrons. The van der Waals surface area contributed by atoms with Gasteiger partial charge in [-0.3, -0.25) is 0 Å². The molecular weight excluding hydrogens is 188 g/mol. The Bertz CT molecular complexity index is 245. The van der Waals surface area contributed by atoms with Gasteiger partial charge in [-0.25, -0.2) is 0 Å². The van der Waals surface area contributed by atoms with Crippen molar-refractivity contribution in [1.82, 2.24) is 0 Å². The molecule has 0 aromatic rings. The smallest absolute Gasteiger partial charge is 0.128 e. The van der Waals surface area contributed by atoms with Crippen molar-refractivity contribution in [3.63, 3.8) is 0 Å². The first kappa shape index (κ1) is 14.5. The standard InChI is InChI=1S/C13H24O2/c1-6-12(5,14)10-13(15,7-2)9-8-11(3)4/h11,14-15H,6-7,10H2,1-5H3. The predicted octanol–water partition coefficient (Wildman–Crippen LogP) is 2.34. The van der Waals surface area contributed by atoms with Crippen LogP contribution in [-0.2, 0) is 0 Å². The highest BCUT2D eigenvalue weighted by Gasteiger charge is 2.32. The van der Waals surface area contributed by atoms with Gasteiger partial charge in [0.1, 0.15) is 5.60 Å². The molecule has 0 spiro atoms. The zero-order valence-corrected chi connectivity index (χ0v) is 10.6. The fraction of sp³-hybridized carbons (Fsp3) is 0.846. The van der Waals surface area contributed by atoms with Gasteiger partial charge in [-0.15, -0.1) is 0 Å².